The van der Waals surface area contributed by atoms with E-state index < -0.39 is 16.8 Å². The molecule has 2 atom stereocenters. The molecule has 2 rings (SSSR count). The van der Waals surface area contributed by atoms with Crippen LogP contribution in [0.1, 0.15) is 22.1 Å². The molecule has 0 radical (unpaired) electrons. The first-order chi connectivity index (χ1) is 10.5. The zero-order valence-corrected chi connectivity index (χ0v) is 12.7. The first-order valence-corrected chi connectivity index (χ1v) is 7.14. The van der Waals surface area contributed by atoms with Crippen molar-refractivity contribution < 1.29 is 14.7 Å². The molecule has 1 N–H and O–H groups in total. The van der Waals surface area contributed by atoms with Crippen molar-refractivity contribution >= 4 is 23.6 Å². The number of rotatable bonds is 5. The Kier molecular flexibility index (Phi) is 4.88. The number of aliphatic hydroxyl groups is 1. The molecular formula is C17H15ClN2O2. The number of halogens is 1. The second-order valence-corrected chi connectivity index (χ2v) is 5.45. The molecule has 2 aromatic carbocycles. The Morgan fingerprint density at radius 3 is 2.36 bits per heavy atom. The van der Waals surface area contributed by atoms with Gasteiger partial charge in [0.15, 0.2) is 5.60 Å². The van der Waals surface area contributed by atoms with Crippen LogP contribution in [0.3, 0.4) is 0 Å². The van der Waals surface area contributed by atoms with Gasteiger partial charge in [-0.2, -0.15) is 4.79 Å². The number of carbonyl (C=O) groups excluding carboxylic acids is 1. The van der Waals surface area contributed by atoms with Gasteiger partial charge < -0.3 is 10.6 Å². The van der Waals surface area contributed by atoms with Crippen molar-refractivity contribution in [2.24, 2.45) is 0 Å². The van der Waals surface area contributed by atoms with Gasteiger partial charge >= 0.3 is 6.21 Å². The molecule has 2 aromatic rings. The standard InChI is InChI=1S/C17H15ClN2O2/c1-12-7-9-13(10-8-12)16(18)17(22,15(21)11-20-19)14-5-3-2-4-6-14/h2-11,16,22H,1H3/t16-,17-/m0/s1. The van der Waals surface area contributed by atoms with Crippen molar-refractivity contribution in [3.63, 3.8) is 0 Å². The van der Waals surface area contributed by atoms with Crippen LogP contribution in [0.15, 0.2) is 54.6 Å². The largest absolute Gasteiger partial charge is 0.375 e. The molecule has 22 heavy (non-hydrogen) atoms. The van der Waals surface area contributed by atoms with Gasteiger partial charge in [-0.15, -0.1) is 11.6 Å². The van der Waals surface area contributed by atoms with E-state index in [1.165, 1.54) is 0 Å². The van der Waals surface area contributed by atoms with E-state index in [1.807, 2.05) is 19.1 Å². The van der Waals surface area contributed by atoms with Crippen LogP contribution in [0.25, 0.3) is 5.53 Å². The Hall–Kier alpha value is -2.26. The summed E-state index contributed by atoms with van der Waals surface area (Å²) < 4.78 is 0. The molecule has 0 unspecified atom stereocenters. The summed E-state index contributed by atoms with van der Waals surface area (Å²) in [6, 6.07) is 15.6. The summed E-state index contributed by atoms with van der Waals surface area (Å²) in [4.78, 5) is 15.0. The first kappa shape index (κ1) is 16.1. The van der Waals surface area contributed by atoms with Gasteiger partial charge in [-0.1, -0.05) is 60.2 Å². The highest BCUT2D eigenvalue weighted by Crippen LogP contribution is 2.40. The summed E-state index contributed by atoms with van der Waals surface area (Å²) in [5, 5.41) is 9.96. The van der Waals surface area contributed by atoms with Crippen LogP contribution < -0.4 is 0 Å². The summed E-state index contributed by atoms with van der Waals surface area (Å²) in [6.45, 7) is 1.93. The van der Waals surface area contributed by atoms with E-state index in [4.69, 9.17) is 17.1 Å². The predicted octanol–water partition coefficient (Wildman–Crippen LogP) is 3.03. The molecule has 0 saturated heterocycles. The average molecular weight is 315 g/mol. The maximum atomic E-state index is 12.3. The van der Waals surface area contributed by atoms with Gasteiger partial charge in [-0.25, -0.2) is 0 Å². The zero-order valence-electron chi connectivity index (χ0n) is 12.0. The normalized spacial score (nSPS) is 14.5. The van der Waals surface area contributed by atoms with Gasteiger partial charge in [0.2, 0.25) is 0 Å². The van der Waals surface area contributed by atoms with Crippen LogP contribution in [-0.4, -0.2) is 21.9 Å². The third-order valence-electron chi connectivity index (χ3n) is 3.50. The minimum absolute atomic E-state index is 0.334. The number of ketones is 1. The molecule has 0 aliphatic heterocycles. The van der Waals surface area contributed by atoms with Crippen LogP contribution in [-0.2, 0) is 10.4 Å². The summed E-state index contributed by atoms with van der Waals surface area (Å²) in [5.41, 5.74) is 8.58. The number of Topliss-reactive ketones (excluding diaryl/α,β-unsaturated/α-hetero) is 1. The monoisotopic (exact) mass is 314 g/mol. The lowest BCUT2D eigenvalue weighted by atomic mass is 9.83. The van der Waals surface area contributed by atoms with E-state index in [2.05, 4.69) is 4.79 Å². The number of hydrogen-bond donors (Lipinski definition) is 1. The number of aryl methyl sites for hydroxylation is 1. The topological polar surface area (TPSA) is 73.7 Å². The van der Waals surface area contributed by atoms with Crippen molar-refractivity contribution in [1.82, 2.24) is 0 Å². The van der Waals surface area contributed by atoms with Crippen LogP contribution in [0.4, 0.5) is 0 Å². The van der Waals surface area contributed by atoms with Crippen molar-refractivity contribution in [1.29, 1.82) is 0 Å². The minimum atomic E-state index is -2.02. The summed E-state index contributed by atoms with van der Waals surface area (Å²) >= 11 is 6.42. The van der Waals surface area contributed by atoms with Gasteiger partial charge in [0.25, 0.3) is 5.78 Å². The predicted molar refractivity (Wildman–Crippen MR) is 84.8 cm³/mol. The van der Waals surface area contributed by atoms with E-state index in [9.17, 15) is 9.90 Å². The molecule has 0 bridgehead atoms. The molecule has 0 aliphatic rings. The van der Waals surface area contributed by atoms with Gasteiger partial charge in [-0.05, 0) is 18.1 Å². The maximum absolute atomic E-state index is 12.3. The Labute approximate surface area is 133 Å². The molecule has 0 spiro atoms. The molecule has 0 heterocycles. The number of nitrogens with zero attached hydrogens (tertiary/aromatic N) is 2. The Morgan fingerprint density at radius 2 is 1.82 bits per heavy atom. The molecule has 0 saturated carbocycles. The lowest BCUT2D eigenvalue weighted by Crippen LogP contribution is -2.40. The van der Waals surface area contributed by atoms with Crippen molar-refractivity contribution in [3.05, 3.63) is 76.8 Å². The first-order valence-electron chi connectivity index (χ1n) is 6.70. The molecule has 4 nitrogen and oxygen atoms in total. The van der Waals surface area contributed by atoms with Gasteiger partial charge in [0, 0.05) is 0 Å². The minimum Gasteiger partial charge on any atom is -0.375 e. The second-order valence-electron chi connectivity index (χ2n) is 5.01. The Morgan fingerprint density at radius 1 is 1.23 bits per heavy atom. The molecule has 0 amide bonds. The van der Waals surface area contributed by atoms with E-state index in [0.717, 1.165) is 5.56 Å². The highest BCUT2D eigenvalue weighted by Gasteiger charge is 2.46. The molecule has 0 aliphatic carbocycles. The van der Waals surface area contributed by atoms with Crippen LogP contribution in [0.5, 0.6) is 0 Å². The smallest absolute Gasteiger partial charge is 0.326 e. The van der Waals surface area contributed by atoms with E-state index in [-0.39, 0.29) is 0 Å². The summed E-state index contributed by atoms with van der Waals surface area (Å²) in [5.74, 6) is -0.790. The van der Waals surface area contributed by atoms with Crippen molar-refractivity contribution in [2.45, 2.75) is 17.9 Å². The molecule has 0 aromatic heterocycles. The summed E-state index contributed by atoms with van der Waals surface area (Å²) in [6.07, 6.45) is 0.663. The van der Waals surface area contributed by atoms with E-state index in [0.29, 0.717) is 17.3 Å². The van der Waals surface area contributed by atoms with Gasteiger partial charge in [0.1, 0.15) is 0 Å². The number of benzene rings is 2. The number of alkyl halides is 1. The van der Waals surface area contributed by atoms with Crippen LogP contribution in [0, 0.1) is 6.92 Å². The van der Waals surface area contributed by atoms with Crippen molar-refractivity contribution in [3.8, 4) is 0 Å². The Bertz CT molecular complexity index is 709. The quantitative estimate of drug-likeness (QED) is 0.399. The van der Waals surface area contributed by atoms with Crippen molar-refractivity contribution in [2.75, 3.05) is 0 Å². The SMILES string of the molecule is Cc1ccc([C@H](Cl)[C@@](O)(C(=O)C=[N+]=[N-])c2ccccc2)cc1. The number of carbonyl (C=O) groups is 1. The highest BCUT2D eigenvalue weighted by atomic mass is 35.5. The number of hydrogen-bond acceptors (Lipinski definition) is 2. The molecule has 5 heteroatoms. The Balaban J connectivity index is 2.55. The fourth-order valence-corrected chi connectivity index (χ4v) is 2.61. The van der Waals surface area contributed by atoms with Gasteiger partial charge in [0.05, 0.1) is 5.38 Å². The lowest BCUT2D eigenvalue weighted by Gasteiger charge is -2.29. The molecule has 0 fully saturated rings. The molecular weight excluding hydrogens is 300 g/mol. The van der Waals surface area contributed by atoms with E-state index >= 15 is 0 Å². The fourth-order valence-electron chi connectivity index (χ4n) is 2.23. The van der Waals surface area contributed by atoms with Crippen LogP contribution in [0.2, 0.25) is 0 Å². The van der Waals surface area contributed by atoms with Crippen LogP contribution >= 0.6 is 11.6 Å². The zero-order chi connectivity index (χ0) is 16.2. The summed E-state index contributed by atoms with van der Waals surface area (Å²) in [7, 11) is 0. The maximum Gasteiger partial charge on any atom is 0.326 e. The fraction of sp³-hybridized carbons (Fsp3) is 0.176. The average Bonchev–Trinajstić information content (AvgIpc) is 2.55. The highest BCUT2D eigenvalue weighted by molar-refractivity contribution is 6.33. The molecule has 112 valence electrons. The second kappa shape index (κ2) is 6.67. The van der Waals surface area contributed by atoms with E-state index in [1.54, 1.807) is 42.5 Å². The third-order valence-corrected chi connectivity index (χ3v) is 4.07. The third kappa shape index (κ3) is 3.00. The lowest BCUT2D eigenvalue weighted by molar-refractivity contribution is -0.134. The van der Waals surface area contributed by atoms with Gasteiger partial charge in [-0.3, -0.25) is 4.79 Å².